The van der Waals surface area contributed by atoms with E-state index in [4.69, 9.17) is 28.0 Å². The van der Waals surface area contributed by atoms with Crippen LogP contribution in [0.4, 0.5) is 21.6 Å². The number of nitrogens with zero attached hydrogens (tertiary/aromatic N) is 3. The van der Waals surface area contributed by atoms with Crippen molar-refractivity contribution < 1.29 is 14.0 Å². The molecule has 0 bridgehead atoms. The lowest BCUT2D eigenvalue weighted by atomic mass is 10.2. The quantitative estimate of drug-likeness (QED) is 0.516. The first-order valence-electron chi connectivity index (χ1n) is 7.43. The molecule has 3 aromatic rings. The largest absolute Gasteiger partial charge is 0.340 e. The van der Waals surface area contributed by atoms with Crippen molar-refractivity contribution in [2.45, 2.75) is 0 Å². The Kier molecular flexibility index (Phi) is 5.51. The molecule has 134 valence electrons. The van der Waals surface area contributed by atoms with Crippen molar-refractivity contribution in [2.24, 2.45) is 0 Å². The van der Waals surface area contributed by atoms with E-state index in [0.717, 1.165) is 5.06 Å². The minimum Gasteiger partial charge on any atom is -0.340 e. The summed E-state index contributed by atoms with van der Waals surface area (Å²) in [6.45, 7) is 0. The van der Waals surface area contributed by atoms with E-state index in [2.05, 4.69) is 15.3 Å². The molecule has 0 radical (unpaired) electrons. The lowest BCUT2D eigenvalue weighted by molar-refractivity contribution is -0.122. The number of fused-ring (bicyclic) bond motifs is 1. The van der Waals surface area contributed by atoms with E-state index in [-0.39, 0.29) is 10.9 Å². The molecule has 0 saturated heterocycles. The fourth-order valence-corrected chi connectivity index (χ4v) is 2.68. The molecule has 26 heavy (non-hydrogen) atoms. The highest BCUT2D eigenvalue weighted by Crippen LogP contribution is 2.28. The van der Waals surface area contributed by atoms with Crippen LogP contribution in [0, 0.1) is 5.82 Å². The number of alkyl halides is 1. The first kappa shape index (κ1) is 18.3. The van der Waals surface area contributed by atoms with Gasteiger partial charge in [-0.25, -0.2) is 14.4 Å². The van der Waals surface area contributed by atoms with Crippen LogP contribution in [0.3, 0.4) is 0 Å². The van der Waals surface area contributed by atoms with E-state index in [1.54, 1.807) is 24.3 Å². The average molecular weight is 395 g/mol. The van der Waals surface area contributed by atoms with Gasteiger partial charge in [0.2, 0.25) is 0 Å². The number of hydroxylamine groups is 1. The molecule has 0 atom stereocenters. The minimum atomic E-state index is -0.502. The standard InChI is InChI=1S/C17H13Cl2FN4O2/c1-26-24(16(25)8-18)11-3-4-12-15(7-11)21-9-22-17(12)23-10-2-5-14(20)13(19)6-10/h2-7,9H,8H2,1H3,(H,21,22,23). The molecule has 6 nitrogen and oxygen atoms in total. The van der Waals surface area contributed by atoms with Gasteiger partial charge < -0.3 is 5.32 Å². The lowest BCUT2D eigenvalue weighted by Gasteiger charge is -2.19. The fourth-order valence-electron chi connectivity index (χ4n) is 2.39. The monoisotopic (exact) mass is 394 g/mol. The maximum absolute atomic E-state index is 13.3. The summed E-state index contributed by atoms with van der Waals surface area (Å²) in [7, 11) is 1.37. The molecule has 9 heteroatoms. The maximum Gasteiger partial charge on any atom is 0.265 e. The van der Waals surface area contributed by atoms with E-state index >= 15 is 0 Å². The zero-order valence-corrected chi connectivity index (χ0v) is 15.1. The number of carbonyl (C=O) groups excluding carboxylic acids is 1. The van der Waals surface area contributed by atoms with Crippen molar-refractivity contribution >= 4 is 57.2 Å². The van der Waals surface area contributed by atoms with Crippen LogP contribution in [0.15, 0.2) is 42.7 Å². The molecule has 0 spiro atoms. The molecule has 1 aromatic heterocycles. The average Bonchev–Trinajstić information content (AvgIpc) is 2.65. The van der Waals surface area contributed by atoms with Gasteiger partial charge in [0.15, 0.2) is 0 Å². The molecular formula is C17H13Cl2FN4O2. The Hall–Kier alpha value is -2.48. The zero-order valence-electron chi connectivity index (χ0n) is 13.5. The Morgan fingerprint density at radius 3 is 2.77 bits per heavy atom. The van der Waals surface area contributed by atoms with Crippen molar-refractivity contribution in [2.75, 3.05) is 23.4 Å². The molecule has 1 amide bonds. The second kappa shape index (κ2) is 7.82. The number of amides is 1. The fraction of sp³-hybridized carbons (Fsp3) is 0.118. The van der Waals surface area contributed by atoms with Crippen molar-refractivity contribution in [3.8, 4) is 0 Å². The number of benzene rings is 2. The number of carbonyl (C=O) groups is 1. The highest BCUT2D eigenvalue weighted by atomic mass is 35.5. The predicted octanol–water partition coefficient (Wildman–Crippen LogP) is 4.30. The van der Waals surface area contributed by atoms with Gasteiger partial charge in [0.05, 0.1) is 23.3 Å². The van der Waals surface area contributed by atoms with Crippen LogP contribution >= 0.6 is 23.2 Å². The summed E-state index contributed by atoms with van der Waals surface area (Å²) in [5.74, 6) is -0.606. The highest BCUT2D eigenvalue weighted by Gasteiger charge is 2.16. The van der Waals surface area contributed by atoms with Gasteiger partial charge in [0, 0.05) is 11.1 Å². The van der Waals surface area contributed by atoms with Gasteiger partial charge in [0.1, 0.15) is 23.8 Å². The molecule has 0 aliphatic rings. The summed E-state index contributed by atoms with van der Waals surface area (Å²) in [5, 5.41) is 4.87. The van der Waals surface area contributed by atoms with Crippen LogP contribution in [0.1, 0.15) is 0 Å². The number of anilines is 3. The van der Waals surface area contributed by atoms with Crippen LogP contribution < -0.4 is 10.4 Å². The van der Waals surface area contributed by atoms with Gasteiger partial charge in [0.25, 0.3) is 5.91 Å². The predicted molar refractivity (Wildman–Crippen MR) is 99.4 cm³/mol. The molecule has 1 N–H and O–H groups in total. The molecular weight excluding hydrogens is 382 g/mol. The molecule has 0 saturated carbocycles. The number of rotatable bonds is 5. The van der Waals surface area contributed by atoms with Gasteiger partial charge >= 0.3 is 0 Å². The minimum absolute atomic E-state index is 0.00553. The Labute approximate surface area is 158 Å². The van der Waals surface area contributed by atoms with Gasteiger partial charge in [-0.3, -0.25) is 9.63 Å². The van der Waals surface area contributed by atoms with Gasteiger partial charge in [-0.15, -0.1) is 11.6 Å². The third-order valence-corrected chi connectivity index (χ3v) is 4.08. The molecule has 1 heterocycles. The third kappa shape index (κ3) is 3.70. The molecule has 0 aliphatic heterocycles. The summed E-state index contributed by atoms with van der Waals surface area (Å²) in [6, 6.07) is 9.38. The van der Waals surface area contributed by atoms with Crippen molar-refractivity contribution in [1.82, 2.24) is 9.97 Å². The first-order chi connectivity index (χ1) is 12.5. The number of hydrogen-bond donors (Lipinski definition) is 1. The van der Waals surface area contributed by atoms with E-state index < -0.39 is 11.7 Å². The Morgan fingerprint density at radius 2 is 2.08 bits per heavy atom. The zero-order chi connectivity index (χ0) is 18.7. The second-order valence-electron chi connectivity index (χ2n) is 5.18. The van der Waals surface area contributed by atoms with Crippen LogP contribution in [0.5, 0.6) is 0 Å². The van der Waals surface area contributed by atoms with E-state index in [0.29, 0.717) is 28.1 Å². The summed E-state index contributed by atoms with van der Waals surface area (Å²) in [5.41, 5.74) is 1.65. The molecule has 3 rings (SSSR count). The number of nitrogens with one attached hydrogen (secondary N) is 1. The van der Waals surface area contributed by atoms with Crippen molar-refractivity contribution in [3.63, 3.8) is 0 Å². The molecule has 0 unspecified atom stereocenters. The Morgan fingerprint density at radius 1 is 1.27 bits per heavy atom. The second-order valence-corrected chi connectivity index (χ2v) is 5.86. The number of aromatic nitrogens is 2. The molecule has 2 aromatic carbocycles. The van der Waals surface area contributed by atoms with E-state index in [9.17, 15) is 9.18 Å². The topological polar surface area (TPSA) is 67.3 Å². The van der Waals surface area contributed by atoms with Crippen molar-refractivity contribution in [3.05, 3.63) is 53.6 Å². The van der Waals surface area contributed by atoms with Gasteiger partial charge in [-0.1, -0.05) is 11.6 Å². The molecule has 0 aliphatic carbocycles. The van der Waals surface area contributed by atoms with Crippen LogP contribution in [0.25, 0.3) is 10.9 Å². The third-order valence-electron chi connectivity index (χ3n) is 3.56. The summed E-state index contributed by atoms with van der Waals surface area (Å²) in [4.78, 5) is 25.3. The van der Waals surface area contributed by atoms with Crippen molar-refractivity contribution in [1.29, 1.82) is 0 Å². The smallest absolute Gasteiger partial charge is 0.265 e. The Bertz CT molecular complexity index is 971. The highest BCUT2D eigenvalue weighted by molar-refractivity contribution is 6.31. The lowest BCUT2D eigenvalue weighted by Crippen LogP contribution is -2.30. The summed E-state index contributed by atoms with van der Waals surface area (Å²) in [6.07, 6.45) is 1.38. The first-order valence-corrected chi connectivity index (χ1v) is 8.34. The van der Waals surface area contributed by atoms with Crippen LogP contribution in [-0.2, 0) is 9.63 Å². The van der Waals surface area contributed by atoms with Gasteiger partial charge in [-0.2, -0.15) is 5.06 Å². The van der Waals surface area contributed by atoms with E-state index in [1.165, 1.54) is 25.6 Å². The SMILES string of the molecule is CON(C(=O)CCl)c1ccc2c(Nc3ccc(F)c(Cl)c3)ncnc2c1. The summed E-state index contributed by atoms with van der Waals surface area (Å²) < 4.78 is 13.3. The van der Waals surface area contributed by atoms with E-state index in [1.807, 2.05) is 0 Å². The van der Waals surface area contributed by atoms with Crippen LogP contribution in [-0.4, -0.2) is 28.9 Å². The number of halogens is 3. The van der Waals surface area contributed by atoms with Gasteiger partial charge in [-0.05, 0) is 36.4 Å². The molecule has 0 fully saturated rings. The number of hydrogen-bond acceptors (Lipinski definition) is 5. The maximum atomic E-state index is 13.3. The Balaban J connectivity index is 1.98. The van der Waals surface area contributed by atoms with Crippen LogP contribution in [0.2, 0.25) is 5.02 Å². The summed E-state index contributed by atoms with van der Waals surface area (Å²) >= 11 is 11.4. The normalized spacial score (nSPS) is 10.8.